The molecule has 1 aliphatic rings. The van der Waals surface area contributed by atoms with Gasteiger partial charge in [0, 0.05) is 25.0 Å². The van der Waals surface area contributed by atoms with E-state index in [2.05, 4.69) is 24.3 Å². The second-order valence-electron chi connectivity index (χ2n) is 6.14. The van der Waals surface area contributed by atoms with Gasteiger partial charge in [-0.25, -0.2) is 0 Å². The molecule has 0 saturated carbocycles. The van der Waals surface area contributed by atoms with Crippen LogP contribution in [0.2, 0.25) is 0 Å². The third-order valence-corrected chi connectivity index (χ3v) is 3.76. The van der Waals surface area contributed by atoms with Crippen LogP contribution in [0, 0.1) is 0 Å². The number of nitrogens with zero attached hydrogens (tertiary/aromatic N) is 1. The minimum atomic E-state index is -0.259. The number of hydrogen-bond acceptors (Lipinski definition) is 2. The molecule has 1 amide bonds. The van der Waals surface area contributed by atoms with E-state index in [-0.39, 0.29) is 11.4 Å². The van der Waals surface area contributed by atoms with Crippen molar-refractivity contribution >= 4 is 5.91 Å². The number of hydrogen-bond donors (Lipinski definition) is 1. The van der Waals surface area contributed by atoms with Crippen LogP contribution in [-0.4, -0.2) is 29.4 Å². The largest absolute Gasteiger partial charge is 0.342 e. The number of amides is 1. The Hall–Kier alpha value is -1.35. The monoisotopic (exact) mass is 260 g/mol. The standard InChI is InChI=1S/C16H24N2O/c1-16(2,17)10-7-15(19)18-11-8-13-5-3-4-6-14(13)9-12-18/h3-6H,7-12,17H2,1-2H3. The lowest BCUT2D eigenvalue weighted by atomic mass is 10.00. The fourth-order valence-electron chi connectivity index (χ4n) is 2.50. The van der Waals surface area contributed by atoms with E-state index in [1.807, 2.05) is 18.7 Å². The molecule has 0 radical (unpaired) electrons. The van der Waals surface area contributed by atoms with Crippen molar-refractivity contribution in [2.75, 3.05) is 13.1 Å². The number of carbonyl (C=O) groups excluding carboxylic acids is 1. The van der Waals surface area contributed by atoms with Crippen LogP contribution in [0.25, 0.3) is 0 Å². The van der Waals surface area contributed by atoms with Crippen molar-refractivity contribution in [3.05, 3.63) is 35.4 Å². The minimum absolute atomic E-state index is 0.242. The fraction of sp³-hybridized carbons (Fsp3) is 0.562. The summed E-state index contributed by atoms with van der Waals surface area (Å²) in [4.78, 5) is 14.2. The Bertz CT molecular complexity index is 421. The summed E-state index contributed by atoms with van der Waals surface area (Å²) in [6.45, 7) is 5.61. The topological polar surface area (TPSA) is 46.3 Å². The molecule has 0 aliphatic carbocycles. The van der Waals surface area contributed by atoms with Crippen LogP contribution in [0.4, 0.5) is 0 Å². The molecule has 0 saturated heterocycles. The van der Waals surface area contributed by atoms with E-state index < -0.39 is 0 Å². The van der Waals surface area contributed by atoms with Gasteiger partial charge in [-0.15, -0.1) is 0 Å². The molecule has 1 aliphatic heterocycles. The van der Waals surface area contributed by atoms with Crippen molar-refractivity contribution in [1.82, 2.24) is 4.90 Å². The van der Waals surface area contributed by atoms with E-state index in [0.29, 0.717) is 6.42 Å². The van der Waals surface area contributed by atoms with Gasteiger partial charge in [-0.05, 0) is 44.2 Å². The molecule has 2 N–H and O–H groups in total. The third kappa shape index (κ3) is 4.06. The van der Waals surface area contributed by atoms with Crippen LogP contribution in [0.3, 0.4) is 0 Å². The van der Waals surface area contributed by atoms with Gasteiger partial charge in [-0.2, -0.15) is 0 Å². The van der Waals surface area contributed by atoms with Crippen LogP contribution >= 0.6 is 0 Å². The Morgan fingerprint density at radius 1 is 1.21 bits per heavy atom. The lowest BCUT2D eigenvalue weighted by molar-refractivity contribution is -0.131. The lowest BCUT2D eigenvalue weighted by Gasteiger charge is -2.23. The van der Waals surface area contributed by atoms with E-state index >= 15 is 0 Å². The van der Waals surface area contributed by atoms with Crippen LogP contribution in [0.1, 0.15) is 37.8 Å². The summed E-state index contributed by atoms with van der Waals surface area (Å²) >= 11 is 0. The molecule has 1 heterocycles. The summed E-state index contributed by atoms with van der Waals surface area (Å²) in [5.41, 5.74) is 8.46. The zero-order valence-electron chi connectivity index (χ0n) is 12.0. The van der Waals surface area contributed by atoms with Crippen molar-refractivity contribution in [1.29, 1.82) is 0 Å². The molecule has 0 atom stereocenters. The van der Waals surface area contributed by atoms with E-state index in [0.717, 1.165) is 32.4 Å². The second kappa shape index (κ2) is 5.74. The van der Waals surface area contributed by atoms with Crippen molar-refractivity contribution in [2.45, 2.75) is 45.1 Å². The predicted octanol–water partition coefficient (Wildman–Crippen LogP) is 2.13. The number of rotatable bonds is 3. The Morgan fingerprint density at radius 2 is 1.74 bits per heavy atom. The quantitative estimate of drug-likeness (QED) is 0.905. The highest BCUT2D eigenvalue weighted by molar-refractivity contribution is 5.76. The van der Waals surface area contributed by atoms with Gasteiger partial charge in [0.1, 0.15) is 0 Å². The number of nitrogens with two attached hydrogens (primary N) is 1. The molecule has 0 bridgehead atoms. The summed E-state index contributed by atoms with van der Waals surface area (Å²) in [7, 11) is 0. The highest BCUT2D eigenvalue weighted by atomic mass is 16.2. The van der Waals surface area contributed by atoms with Gasteiger partial charge in [0.05, 0.1) is 0 Å². The Kier molecular flexibility index (Phi) is 4.25. The van der Waals surface area contributed by atoms with Crippen molar-refractivity contribution in [2.24, 2.45) is 5.73 Å². The molecule has 3 nitrogen and oxygen atoms in total. The molecular formula is C16H24N2O. The maximum Gasteiger partial charge on any atom is 0.222 e. The van der Waals surface area contributed by atoms with Crippen molar-refractivity contribution in [3.8, 4) is 0 Å². The molecule has 0 aromatic heterocycles. The Morgan fingerprint density at radius 3 is 2.21 bits per heavy atom. The zero-order valence-corrected chi connectivity index (χ0v) is 12.0. The molecular weight excluding hydrogens is 236 g/mol. The smallest absolute Gasteiger partial charge is 0.222 e. The van der Waals surface area contributed by atoms with Gasteiger partial charge < -0.3 is 10.6 Å². The van der Waals surface area contributed by atoms with Gasteiger partial charge in [-0.3, -0.25) is 4.79 Å². The number of fused-ring (bicyclic) bond motifs is 1. The summed E-state index contributed by atoms with van der Waals surface area (Å²) in [6.07, 6.45) is 3.23. The van der Waals surface area contributed by atoms with Crippen molar-refractivity contribution < 1.29 is 4.79 Å². The molecule has 0 unspecified atom stereocenters. The first-order chi connectivity index (χ1) is 8.96. The summed E-state index contributed by atoms with van der Waals surface area (Å²) < 4.78 is 0. The molecule has 0 fully saturated rings. The zero-order chi connectivity index (χ0) is 13.9. The van der Waals surface area contributed by atoms with E-state index in [9.17, 15) is 4.79 Å². The number of carbonyl (C=O) groups is 1. The lowest BCUT2D eigenvalue weighted by Crippen LogP contribution is -2.37. The van der Waals surface area contributed by atoms with E-state index in [4.69, 9.17) is 5.73 Å². The van der Waals surface area contributed by atoms with Crippen LogP contribution in [0.5, 0.6) is 0 Å². The molecule has 19 heavy (non-hydrogen) atoms. The maximum atomic E-state index is 12.2. The highest BCUT2D eigenvalue weighted by Crippen LogP contribution is 2.17. The molecule has 3 heteroatoms. The van der Waals surface area contributed by atoms with E-state index in [1.165, 1.54) is 11.1 Å². The summed E-state index contributed by atoms with van der Waals surface area (Å²) in [6, 6.07) is 8.50. The van der Waals surface area contributed by atoms with Crippen LogP contribution in [0.15, 0.2) is 24.3 Å². The Labute approximate surface area is 115 Å². The first kappa shape index (κ1) is 14.1. The molecule has 2 rings (SSSR count). The van der Waals surface area contributed by atoms with Crippen LogP contribution in [-0.2, 0) is 17.6 Å². The average Bonchev–Trinajstić information content (AvgIpc) is 2.57. The van der Waals surface area contributed by atoms with Gasteiger partial charge in [0.2, 0.25) is 5.91 Å². The van der Waals surface area contributed by atoms with Crippen LogP contribution < -0.4 is 5.73 Å². The average molecular weight is 260 g/mol. The predicted molar refractivity (Wildman–Crippen MR) is 77.9 cm³/mol. The minimum Gasteiger partial charge on any atom is -0.342 e. The molecule has 0 spiro atoms. The fourth-order valence-corrected chi connectivity index (χ4v) is 2.50. The number of benzene rings is 1. The Balaban J connectivity index is 1.92. The normalized spacial score (nSPS) is 15.8. The molecule has 104 valence electrons. The third-order valence-electron chi connectivity index (χ3n) is 3.76. The van der Waals surface area contributed by atoms with Gasteiger partial charge in [0.25, 0.3) is 0 Å². The molecule has 1 aromatic carbocycles. The maximum absolute atomic E-state index is 12.2. The SMILES string of the molecule is CC(C)(N)CCC(=O)N1CCc2ccccc2CC1. The van der Waals surface area contributed by atoms with E-state index in [1.54, 1.807) is 0 Å². The van der Waals surface area contributed by atoms with Gasteiger partial charge in [0.15, 0.2) is 0 Å². The van der Waals surface area contributed by atoms with Crippen molar-refractivity contribution in [3.63, 3.8) is 0 Å². The second-order valence-corrected chi connectivity index (χ2v) is 6.14. The first-order valence-corrected chi connectivity index (χ1v) is 7.09. The molecule has 1 aromatic rings. The summed E-state index contributed by atoms with van der Waals surface area (Å²) in [5, 5.41) is 0. The first-order valence-electron chi connectivity index (χ1n) is 7.09. The summed E-state index contributed by atoms with van der Waals surface area (Å²) in [5.74, 6) is 0.242. The van der Waals surface area contributed by atoms with Gasteiger partial charge in [-0.1, -0.05) is 24.3 Å². The highest BCUT2D eigenvalue weighted by Gasteiger charge is 2.20. The van der Waals surface area contributed by atoms with Gasteiger partial charge >= 0.3 is 0 Å².